The molecule has 0 atom stereocenters. The lowest BCUT2D eigenvalue weighted by Crippen LogP contribution is -1.94. The Morgan fingerprint density at radius 1 is 1.30 bits per heavy atom. The molecule has 2 heterocycles. The normalized spacial score (nSPS) is 14.5. The van der Waals surface area contributed by atoms with Crippen molar-refractivity contribution in [2.45, 2.75) is 39.0 Å². The zero-order valence-corrected chi connectivity index (χ0v) is 14.1. The van der Waals surface area contributed by atoms with Gasteiger partial charge in [0.15, 0.2) is 5.69 Å². The standard InChI is InChI=1S/C18H18N4S/c1-11(2)9-12-3-5-13(6-4-12)16-15(10-19)22-18(20-16)23-17(21-22)14-7-8-14/h3-6,11,14H,7-9H2,1-2H3. The fourth-order valence-electron chi connectivity index (χ4n) is 2.83. The maximum atomic E-state index is 9.56. The van der Waals surface area contributed by atoms with E-state index in [2.05, 4.69) is 54.3 Å². The number of hydrogen-bond donors (Lipinski definition) is 0. The number of rotatable bonds is 4. The van der Waals surface area contributed by atoms with Gasteiger partial charge in [-0.15, -0.1) is 0 Å². The van der Waals surface area contributed by atoms with Crippen LogP contribution in [0.4, 0.5) is 0 Å². The van der Waals surface area contributed by atoms with E-state index in [9.17, 15) is 5.26 Å². The highest BCUT2D eigenvalue weighted by Gasteiger charge is 2.29. The van der Waals surface area contributed by atoms with Gasteiger partial charge in [-0.25, -0.2) is 4.98 Å². The molecule has 2 aromatic heterocycles. The molecule has 3 aromatic rings. The molecule has 1 fully saturated rings. The Bertz CT molecular complexity index is 892. The van der Waals surface area contributed by atoms with Gasteiger partial charge in [0.1, 0.15) is 16.8 Å². The van der Waals surface area contributed by atoms with Crippen LogP contribution in [0, 0.1) is 17.2 Å². The average Bonchev–Trinajstić information content (AvgIpc) is 3.20. The Morgan fingerprint density at radius 3 is 2.65 bits per heavy atom. The molecular formula is C18H18N4S. The molecule has 0 aliphatic heterocycles. The van der Waals surface area contributed by atoms with E-state index >= 15 is 0 Å². The van der Waals surface area contributed by atoms with Gasteiger partial charge in [-0.05, 0) is 30.7 Å². The van der Waals surface area contributed by atoms with Gasteiger partial charge in [-0.2, -0.15) is 14.9 Å². The average molecular weight is 322 g/mol. The lowest BCUT2D eigenvalue weighted by atomic mass is 10.0. The number of fused-ring (bicyclic) bond motifs is 1. The SMILES string of the molecule is CC(C)Cc1ccc(-c2nc3sc(C4CC4)nn3c2C#N)cc1. The van der Waals surface area contributed by atoms with E-state index in [4.69, 9.17) is 0 Å². The third kappa shape index (κ3) is 2.64. The van der Waals surface area contributed by atoms with Gasteiger partial charge in [-0.3, -0.25) is 0 Å². The molecule has 0 saturated heterocycles. The van der Waals surface area contributed by atoms with Crippen molar-refractivity contribution in [2.24, 2.45) is 5.92 Å². The molecule has 1 aliphatic rings. The Hall–Kier alpha value is -2.19. The van der Waals surface area contributed by atoms with E-state index < -0.39 is 0 Å². The Morgan fingerprint density at radius 2 is 2.04 bits per heavy atom. The summed E-state index contributed by atoms with van der Waals surface area (Å²) in [5, 5.41) is 15.3. The van der Waals surface area contributed by atoms with Crippen LogP contribution in [0.5, 0.6) is 0 Å². The van der Waals surface area contributed by atoms with Crippen molar-refractivity contribution in [2.75, 3.05) is 0 Å². The lowest BCUT2D eigenvalue weighted by molar-refractivity contribution is 0.647. The van der Waals surface area contributed by atoms with Gasteiger partial charge in [-0.1, -0.05) is 49.4 Å². The third-order valence-electron chi connectivity index (χ3n) is 4.12. The molecule has 4 rings (SSSR count). The number of imidazole rings is 1. The molecule has 116 valence electrons. The highest BCUT2D eigenvalue weighted by atomic mass is 32.1. The molecule has 0 radical (unpaired) electrons. The van der Waals surface area contributed by atoms with E-state index in [1.165, 1.54) is 18.4 Å². The number of hydrogen-bond acceptors (Lipinski definition) is 4. The predicted octanol–water partition coefficient (Wildman–Crippen LogP) is 4.41. The Balaban J connectivity index is 1.73. The maximum absolute atomic E-state index is 9.56. The second-order valence-corrected chi connectivity index (χ2v) is 7.61. The molecular weight excluding hydrogens is 304 g/mol. The molecule has 0 unspecified atom stereocenters. The lowest BCUT2D eigenvalue weighted by Gasteiger charge is -2.05. The highest BCUT2D eigenvalue weighted by molar-refractivity contribution is 7.16. The van der Waals surface area contributed by atoms with Crippen molar-refractivity contribution in [3.63, 3.8) is 0 Å². The zero-order chi connectivity index (χ0) is 16.0. The molecule has 1 saturated carbocycles. The summed E-state index contributed by atoms with van der Waals surface area (Å²) < 4.78 is 1.72. The Labute approximate surface area is 139 Å². The van der Waals surface area contributed by atoms with Crippen molar-refractivity contribution in [1.82, 2.24) is 14.6 Å². The van der Waals surface area contributed by atoms with Crippen molar-refractivity contribution in [3.8, 4) is 17.3 Å². The smallest absolute Gasteiger partial charge is 0.214 e. The zero-order valence-electron chi connectivity index (χ0n) is 13.3. The van der Waals surface area contributed by atoms with E-state index in [-0.39, 0.29) is 0 Å². The van der Waals surface area contributed by atoms with E-state index in [1.54, 1.807) is 15.9 Å². The summed E-state index contributed by atoms with van der Waals surface area (Å²) in [4.78, 5) is 5.50. The van der Waals surface area contributed by atoms with Crippen LogP contribution >= 0.6 is 11.3 Å². The Kier molecular flexibility index (Phi) is 3.42. The molecule has 0 amide bonds. The largest absolute Gasteiger partial charge is 0.216 e. The minimum atomic E-state index is 0.541. The maximum Gasteiger partial charge on any atom is 0.214 e. The first-order valence-electron chi connectivity index (χ1n) is 8.04. The van der Waals surface area contributed by atoms with Crippen LogP contribution in [0.2, 0.25) is 0 Å². The first-order valence-corrected chi connectivity index (χ1v) is 8.86. The summed E-state index contributed by atoms with van der Waals surface area (Å²) in [5.41, 5.74) is 3.58. The molecule has 4 nitrogen and oxygen atoms in total. The summed E-state index contributed by atoms with van der Waals surface area (Å²) in [7, 11) is 0. The van der Waals surface area contributed by atoms with Crippen LogP contribution in [-0.4, -0.2) is 14.6 Å². The summed E-state index contributed by atoms with van der Waals surface area (Å²) in [5.74, 6) is 1.23. The van der Waals surface area contributed by atoms with Crippen LogP contribution in [0.1, 0.15) is 48.9 Å². The second-order valence-electron chi connectivity index (χ2n) is 6.62. The monoisotopic (exact) mass is 322 g/mol. The van der Waals surface area contributed by atoms with Crippen molar-refractivity contribution >= 4 is 16.3 Å². The van der Waals surface area contributed by atoms with Crippen molar-refractivity contribution in [1.29, 1.82) is 5.26 Å². The van der Waals surface area contributed by atoms with Gasteiger partial charge in [0.25, 0.3) is 0 Å². The van der Waals surface area contributed by atoms with Crippen LogP contribution in [-0.2, 0) is 6.42 Å². The molecule has 5 heteroatoms. The molecule has 0 N–H and O–H groups in total. The first kappa shape index (κ1) is 14.4. The second kappa shape index (κ2) is 5.47. The topological polar surface area (TPSA) is 54.0 Å². The van der Waals surface area contributed by atoms with Crippen LogP contribution in [0.3, 0.4) is 0 Å². The predicted molar refractivity (Wildman–Crippen MR) is 91.5 cm³/mol. The van der Waals surface area contributed by atoms with Gasteiger partial charge < -0.3 is 0 Å². The van der Waals surface area contributed by atoms with Gasteiger partial charge in [0, 0.05) is 11.5 Å². The summed E-state index contributed by atoms with van der Waals surface area (Å²) in [6.07, 6.45) is 3.49. The molecule has 0 bridgehead atoms. The number of nitrogens with zero attached hydrogens (tertiary/aromatic N) is 4. The summed E-state index contributed by atoms with van der Waals surface area (Å²) in [6, 6.07) is 10.7. The number of benzene rings is 1. The third-order valence-corrected chi connectivity index (χ3v) is 5.19. The molecule has 1 aromatic carbocycles. The fraction of sp³-hybridized carbons (Fsp3) is 0.389. The minimum absolute atomic E-state index is 0.541. The van der Waals surface area contributed by atoms with Crippen LogP contribution in [0.25, 0.3) is 16.2 Å². The molecule has 1 aliphatic carbocycles. The van der Waals surface area contributed by atoms with Crippen LogP contribution in [0.15, 0.2) is 24.3 Å². The summed E-state index contributed by atoms with van der Waals surface area (Å²) in [6.45, 7) is 4.43. The van der Waals surface area contributed by atoms with Gasteiger partial charge in [0.2, 0.25) is 4.96 Å². The van der Waals surface area contributed by atoms with E-state index in [0.717, 1.165) is 27.6 Å². The van der Waals surface area contributed by atoms with Crippen molar-refractivity contribution in [3.05, 3.63) is 40.5 Å². The molecule has 23 heavy (non-hydrogen) atoms. The quantitative estimate of drug-likeness (QED) is 0.715. The number of aromatic nitrogens is 3. The fourth-order valence-corrected chi connectivity index (χ4v) is 3.90. The molecule has 0 spiro atoms. The van der Waals surface area contributed by atoms with Crippen molar-refractivity contribution < 1.29 is 0 Å². The van der Waals surface area contributed by atoms with Gasteiger partial charge >= 0.3 is 0 Å². The number of nitriles is 1. The minimum Gasteiger partial charge on any atom is -0.216 e. The summed E-state index contributed by atoms with van der Waals surface area (Å²) >= 11 is 1.61. The first-order chi connectivity index (χ1) is 11.2. The van der Waals surface area contributed by atoms with Crippen LogP contribution < -0.4 is 0 Å². The highest BCUT2D eigenvalue weighted by Crippen LogP contribution is 2.42. The van der Waals surface area contributed by atoms with E-state index in [0.29, 0.717) is 17.5 Å². The van der Waals surface area contributed by atoms with Gasteiger partial charge in [0.05, 0.1) is 0 Å². The van der Waals surface area contributed by atoms with E-state index in [1.807, 2.05) is 0 Å².